The molecule has 6 atom stereocenters. The van der Waals surface area contributed by atoms with E-state index < -0.39 is 14.6 Å². The van der Waals surface area contributed by atoms with E-state index in [-0.39, 0.29) is 7.92 Å². The molecule has 0 aromatic heterocycles. The van der Waals surface area contributed by atoms with Gasteiger partial charge in [0.05, 0.1) is 0 Å². The Morgan fingerprint density at radius 1 is 0.578 bits per heavy atom. The molecule has 10 fully saturated rings. The Kier molecular flexibility index (Phi) is 2.26. The van der Waals surface area contributed by atoms with Crippen LogP contribution < -0.4 is 21.2 Å². The Hall–Kier alpha value is -1.78. The number of rotatable bonds is 8. The Morgan fingerprint density at radius 2 is 1.00 bits per heavy atom. The van der Waals surface area contributed by atoms with Crippen LogP contribution in [-0.4, -0.2) is 21.8 Å². The molecule has 1 spiro atoms. The van der Waals surface area contributed by atoms with E-state index >= 15 is 0 Å². The van der Waals surface area contributed by atoms with E-state index in [1.165, 1.54) is 60.8 Å². The first-order valence-electron chi connectivity index (χ1n) is 17.3. The van der Waals surface area contributed by atoms with E-state index in [9.17, 15) is 0 Å². The van der Waals surface area contributed by atoms with Gasteiger partial charge in [0.2, 0.25) is 0 Å². The number of hydrogen-bond acceptors (Lipinski definition) is 1. The van der Waals surface area contributed by atoms with E-state index in [0.717, 1.165) is 0 Å². The average molecular weight is 668 g/mol. The quantitative estimate of drug-likeness (QED) is 0.134. The molecule has 10 saturated heterocycles. The number of benzene rings is 4. The molecule has 0 aliphatic carbocycles. The first-order chi connectivity index (χ1) is 21.5. The van der Waals surface area contributed by atoms with E-state index in [1.54, 1.807) is 21.2 Å². The second-order valence-corrected chi connectivity index (χ2v) is 47.4. The van der Waals surface area contributed by atoms with Gasteiger partial charge in [0.15, 0.2) is 0 Å². The van der Waals surface area contributed by atoms with Crippen LogP contribution in [0.2, 0.25) is 42.8 Å². The molecule has 4 aromatic rings. The van der Waals surface area contributed by atoms with Crippen molar-refractivity contribution in [2.24, 2.45) is 0 Å². The van der Waals surface area contributed by atoms with Gasteiger partial charge < -0.3 is 0 Å². The Labute approximate surface area is 261 Å². The van der Waals surface area contributed by atoms with Gasteiger partial charge in [0.25, 0.3) is 0 Å². The fourth-order valence-electron chi connectivity index (χ4n) is 23.2. The van der Waals surface area contributed by atoms with Crippen molar-refractivity contribution in [2.75, 3.05) is 7.05 Å². The number of aryl methyl sites for hydroxylation is 4. The van der Waals surface area contributed by atoms with Gasteiger partial charge in [0.1, 0.15) is 0 Å². The summed E-state index contributed by atoms with van der Waals surface area (Å²) in [6, 6.07) is 39.8. The monoisotopic (exact) mass is 667 g/mol. The van der Waals surface area contributed by atoms with Crippen molar-refractivity contribution >= 4 is 37.2 Å². The minimum absolute atomic E-state index is 0.342. The fourth-order valence-corrected chi connectivity index (χ4v) is 118. The van der Waals surface area contributed by atoms with Crippen LogP contribution in [0.4, 0.5) is 0 Å². The average Bonchev–Trinajstić information content (AvgIpc) is 3.96. The molecule has 4 unspecified atom stereocenters. The SMILES string of the molecule is Cc1cc(C)cc(P(c2cc(C)cc(C)c2)N(C)[C@H](C)[C@@]23[CH]4[CH]5[CH]6[C]2(P(c2ccccc2)c2ccccc2)[Fe]56432789[CH]3[CH]2[CH]7[CH]8[CH]39)c1. The summed E-state index contributed by atoms with van der Waals surface area (Å²) in [5.74, 6) is 0. The molecular weight excluding hydrogens is 624 g/mol. The van der Waals surface area contributed by atoms with Crippen LogP contribution in [0, 0.1) is 27.7 Å². The van der Waals surface area contributed by atoms with Gasteiger partial charge in [0, 0.05) is 0 Å². The van der Waals surface area contributed by atoms with Gasteiger partial charge >= 0.3 is 262 Å². The first-order valence-corrected chi connectivity index (χ1v) is 26.2. The van der Waals surface area contributed by atoms with Crippen LogP contribution in [0.5, 0.6) is 0 Å². The molecule has 0 bridgehead atoms. The third kappa shape index (κ3) is 0.753. The van der Waals surface area contributed by atoms with Crippen molar-refractivity contribution in [3.8, 4) is 0 Å². The zero-order chi connectivity index (χ0) is 30.2. The molecular formula is C41H43FeNP2. The summed E-state index contributed by atoms with van der Waals surface area (Å²) in [4.78, 5) is 10.1. The van der Waals surface area contributed by atoms with E-state index in [4.69, 9.17) is 0 Å². The number of hydrogen-bond donors (Lipinski definition) is 0. The van der Waals surface area contributed by atoms with E-state index in [0.29, 0.717) is 14.4 Å². The van der Waals surface area contributed by atoms with Crippen molar-refractivity contribution in [3.05, 3.63) is 119 Å². The van der Waals surface area contributed by atoms with Gasteiger partial charge in [-0.1, -0.05) is 0 Å². The third-order valence-corrected chi connectivity index (χ3v) is 74.3. The van der Waals surface area contributed by atoms with Crippen molar-refractivity contribution in [2.45, 2.75) is 87.6 Å². The van der Waals surface area contributed by atoms with Crippen LogP contribution in [0.1, 0.15) is 29.2 Å². The molecule has 1 nitrogen and oxygen atoms in total. The molecule has 0 saturated carbocycles. The molecule has 10 heterocycles. The standard InChI is InChI=1S/C36H38NP2.C5H5.Fe/c1-26-20-27(2)23-33(22-26)39(34-24-28(3)21-29(4)25-34)37(6)30(5)35-18-13-19-36(35)38(31-14-9-7-10-15-31)32-16-11-8-12-17-32;1-2-4-5-3-1;/h7-25,30H,1-6H3;1-5H;/t30-;;/m1../s1. The zero-order valence-corrected chi connectivity index (χ0v) is 30.0. The summed E-state index contributed by atoms with van der Waals surface area (Å²) in [5.41, 5.74) is 5.64. The van der Waals surface area contributed by atoms with Gasteiger partial charge in [-0.2, -0.15) is 0 Å². The van der Waals surface area contributed by atoms with Gasteiger partial charge in [-0.15, -0.1) is 0 Å². The molecule has 45 heavy (non-hydrogen) atoms. The van der Waals surface area contributed by atoms with Gasteiger partial charge in [-0.3, -0.25) is 0 Å². The van der Waals surface area contributed by atoms with Crippen LogP contribution in [0.15, 0.2) is 97.1 Å². The molecule has 10 aliphatic rings. The second-order valence-electron chi connectivity index (χ2n) is 19.0. The molecule has 4 heteroatoms. The summed E-state index contributed by atoms with van der Waals surface area (Å²) in [6.07, 6.45) is 0. The second kappa shape index (κ2) is 4.17. The summed E-state index contributed by atoms with van der Waals surface area (Å²) in [5, 5.41) is 6.56. The summed E-state index contributed by atoms with van der Waals surface area (Å²) >= 11 is 0. The topological polar surface area (TPSA) is 3.24 Å². The van der Waals surface area contributed by atoms with Crippen LogP contribution in [0.25, 0.3) is 0 Å². The molecule has 0 radical (unpaired) electrons. The van der Waals surface area contributed by atoms with Crippen molar-refractivity contribution in [3.63, 3.8) is 0 Å². The Balaban J connectivity index is 1.02. The van der Waals surface area contributed by atoms with Crippen molar-refractivity contribution < 1.29 is 6.51 Å². The Bertz CT molecular complexity index is 2330. The molecule has 0 N–H and O–H groups in total. The molecule has 4 aromatic carbocycles. The summed E-state index contributed by atoms with van der Waals surface area (Å²) in [6.45, 7) is 8.15. The Morgan fingerprint density at radius 3 is 1.38 bits per heavy atom. The summed E-state index contributed by atoms with van der Waals surface area (Å²) in [7, 11) is 1.63. The van der Waals surface area contributed by atoms with Crippen LogP contribution in [0.3, 0.4) is 0 Å². The third-order valence-electron chi connectivity index (χ3n) is 21.6. The van der Waals surface area contributed by atoms with Gasteiger partial charge in [-0.05, 0) is 0 Å². The summed E-state index contributed by atoms with van der Waals surface area (Å²) < 4.78 is 4.45. The molecule has 0 amide bonds. The molecule has 10 aliphatic heterocycles. The maximum absolute atomic E-state index is 3.88. The first kappa shape index (κ1) is 24.4. The van der Waals surface area contributed by atoms with Crippen molar-refractivity contribution in [1.82, 2.24) is 4.67 Å². The van der Waals surface area contributed by atoms with E-state index in [2.05, 4.69) is 143 Å². The molecule has 14 rings (SSSR count). The van der Waals surface area contributed by atoms with Gasteiger partial charge in [-0.25, -0.2) is 0 Å². The fraction of sp³-hybridized carbons (Fsp3) is 0.415. The number of fused-ring (bicyclic) bond motifs is 10. The van der Waals surface area contributed by atoms with Crippen LogP contribution >= 0.6 is 16.0 Å². The zero-order valence-electron chi connectivity index (χ0n) is 27.1. The maximum atomic E-state index is 3.05. The minimum atomic E-state index is -3.88. The van der Waals surface area contributed by atoms with E-state index in [1.807, 2.05) is 0 Å². The predicted molar refractivity (Wildman–Crippen MR) is 190 cm³/mol. The predicted octanol–water partition coefficient (Wildman–Crippen LogP) is 9.39. The number of nitrogens with zero attached hydrogens (tertiary/aromatic N) is 1. The molecule has 230 valence electrons. The normalized spacial score (nSPS) is 55.0. The van der Waals surface area contributed by atoms with Crippen molar-refractivity contribution in [1.29, 1.82) is 0 Å². The van der Waals surface area contributed by atoms with Crippen LogP contribution in [-0.2, 0) is 6.51 Å².